The Balaban J connectivity index is 1.87. The topological polar surface area (TPSA) is 117 Å². The Hall–Kier alpha value is -3.40. The molecule has 0 saturated heterocycles. The van der Waals surface area contributed by atoms with Crippen LogP contribution in [0.1, 0.15) is 29.8 Å². The average Bonchev–Trinajstić information content (AvgIpc) is 2.71. The van der Waals surface area contributed by atoms with Crippen LogP contribution >= 0.6 is 0 Å². The lowest BCUT2D eigenvalue weighted by Gasteiger charge is -2.16. The van der Waals surface area contributed by atoms with Crippen molar-refractivity contribution in [2.75, 3.05) is 24.2 Å². The molecule has 9 nitrogen and oxygen atoms in total. The molecule has 166 valence electrons. The molecule has 0 aliphatic rings. The number of nitrogens with zero attached hydrogens (tertiary/aromatic N) is 2. The second-order valence-electron chi connectivity index (χ2n) is 7.06. The molecular weight excluding hydrogens is 420 g/mol. The van der Waals surface area contributed by atoms with Gasteiger partial charge in [-0.25, -0.2) is 13.8 Å². The second-order valence-corrected chi connectivity index (χ2v) is 9.07. The van der Waals surface area contributed by atoms with Gasteiger partial charge in [0.05, 0.1) is 18.2 Å². The summed E-state index contributed by atoms with van der Waals surface area (Å²) in [6.45, 7) is 3.68. The molecule has 0 atom stereocenters. The summed E-state index contributed by atoms with van der Waals surface area (Å²) in [5.41, 5.74) is 3.93. The lowest BCUT2D eigenvalue weighted by molar-refractivity contribution is -0.123. The Morgan fingerprint density at radius 1 is 1.10 bits per heavy atom. The van der Waals surface area contributed by atoms with E-state index in [1.54, 1.807) is 36.4 Å². The fourth-order valence-electron chi connectivity index (χ4n) is 2.41. The van der Waals surface area contributed by atoms with Crippen molar-refractivity contribution >= 4 is 33.7 Å². The smallest absolute Gasteiger partial charge is 0.271 e. The third-order valence-corrected chi connectivity index (χ3v) is 5.28. The van der Waals surface area contributed by atoms with E-state index in [4.69, 9.17) is 4.74 Å². The molecule has 0 bridgehead atoms. The van der Waals surface area contributed by atoms with Gasteiger partial charge in [-0.3, -0.25) is 13.9 Å². The molecule has 0 saturated carbocycles. The van der Waals surface area contributed by atoms with Crippen LogP contribution in [-0.4, -0.2) is 52.4 Å². The van der Waals surface area contributed by atoms with E-state index in [-0.39, 0.29) is 18.6 Å². The van der Waals surface area contributed by atoms with Crippen LogP contribution in [0.15, 0.2) is 53.6 Å². The first-order valence-electron chi connectivity index (χ1n) is 9.46. The molecule has 0 fully saturated rings. The normalized spacial score (nSPS) is 11.4. The predicted octanol–water partition coefficient (Wildman–Crippen LogP) is 1.75. The highest BCUT2D eigenvalue weighted by Gasteiger charge is 2.12. The van der Waals surface area contributed by atoms with E-state index in [0.29, 0.717) is 17.0 Å². The van der Waals surface area contributed by atoms with E-state index in [2.05, 4.69) is 15.8 Å². The number of ether oxygens (including phenoxy) is 1. The van der Waals surface area contributed by atoms with Crippen LogP contribution in [-0.2, 0) is 14.8 Å². The first-order chi connectivity index (χ1) is 14.6. The number of hydrogen-bond donors (Lipinski definition) is 2. The van der Waals surface area contributed by atoms with Crippen molar-refractivity contribution in [3.05, 3.63) is 59.7 Å². The van der Waals surface area contributed by atoms with Crippen molar-refractivity contribution in [3.63, 3.8) is 0 Å². The molecule has 0 radical (unpaired) electrons. The summed E-state index contributed by atoms with van der Waals surface area (Å²) in [6.07, 6.45) is 2.57. The molecular formula is C21H26N4O5S. The van der Waals surface area contributed by atoms with Crippen molar-refractivity contribution < 1.29 is 22.7 Å². The van der Waals surface area contributed by atoms with Gasteiger partial charge in [0.2, 0.25) is 10.0 Å². The minimum atomic E-state index is -3.37. The monoisotopic (exact) mass is 446 g/mol. The van der Waals surface area contributed by atoms with Gasteiger partial charge in [0.1, 0.15) is 5.75 Å². The van der Waals surface area contributed by atoms with Crippen molar-refractivity contribution in [2.45, 2.75) is 19.9 Å². The van der Waals surface area contributed by atoms with E-state index in [1.807, 2.05) is 13.8 Å². The molecule has 0 unspecified atom stereocenters. The minimum Gasteiger partial charge on any atom is -0.484 e. The Labute approximate surface area is 182 Å². The van der Waals surface area contributed by atoms with Crippen LogP contribution in [0, 0.1) is 0 Å². The van der Waals surface area contributed by atoms with Crippen LogP contribution in [0.25, 0.3) is 0 Å². The molecule has 2 rings (SSSR count). The molecule has 0 aliphatic heterocycles. The molecule has 0 spiro atoms. The molecule has 31 heavy (non-hydrogen) atoms. The fraction of sp³-hybridized carbons (Fsp3) is 0.286. The van der Waals surface area contributed by atoms with Crippen LogP contribution in [0.4, 0.5) is 5.69 Å². The third-order valence-electron chi connectivity index (χ3n) is 4.07. The van der Waals surface area contributed by atoms with Crippen LogP contribution in [0.3, 0.4) is 0 Å². The number of hydrazone groups is 1. The number of rotatable bonds is 9. The number of nitrogens with one attached hydrogen (secondary N) is 2. The SMILES string of the molecule is CC(C)NC(=O)COc1ccc(/C=N\NC(=O)c2ccc(N(C)S(C)(=O)=O)cc2)cc1. The maximum absolute atomic E-state index is 12.2. The van der Waals surface area contributed by atoms with E-state index >= 15 is 0 Å². The Morgan fingerprint density at radius 2 is 1.71 bits per heavy atom. The zero-order valence-electron chi connectivity index (χ0n) is 17.8. The quantitative estimate of drug-likeness (QED) is 0.450. The Kier molecular flexibility index (Phi) is 8.14. The summed E-state index contributed by atoms with van der Waals surface area (Å²) in [6, 6.07) is 13.0. The van der Waals surface area contributed by atoms with E-state index in [0.717, 1.165) is 16.1 Å². The van der Waals surface area contributed by atoms with Crippen molar-refractivity contribution in [2.24, 2.45) is 5.10 Å². The number of sulfonamides is 1. The number of benzene rings is 2. The maximum Gasteiger partial charge on any atom is 0.271 e. The van der Waals surface area contributed by atoms with Gasteiger partial charge < -0.3 is 10.1 Å². The second kappa shape index (κ2) is 10.6. The third kappa shape index (κ3) is 7.74. The predicted molar refractivity (Wildman–Crippen MR) is 120 cm³/mol. The number of carbonyl (C=O) groups excluding carboxylic acids is 2. The van der Waals surface area contributed by atoms with E-state index in [9.17, 15) is 18.0 Å². The van der Waals surface area contributed by atoms with Gasteiger partial charge in [0.15, 0.2) is 6.61 Å². The number of hydrogen-bond acceptors (Lipinski definition) is 6. The zero-order valence-corrected chi connectivity index (χ0v) is 18.6. The highest BCUT2D eigenvalue weighted by Crippen LogP contribution is 2.16. The summed E-state index contributed by atoms with van der Waals surface area (Å²) in [4.78, 5) is 23.8. The molecule has 0 heterocycles. The maximum atomic E-state index is 12.2. The average molecular weight is 447 g/mol. The molecule has 0 aliphatic carbocycles. The zero-order chi connectivity index (χ0) is 23.0. The summed E-state index contributed by atoms with van der Waals surface area (Å²) in [7, 11) is -1.93. The van der Waals surface area contributed by atoms with Gasteiger partial charge in [0, 0.05) is 18.7 Å². The van der Waals surface area contributed by atoms with Crippen LogP contribution in [0.5, 0.6) is 5.75 Å². The van der Waals surface area contributed by atoms with Gasteiger partial charge in [-0.2, -0.15) is 5.10 Å². The number of carbonyl (C=O) groups is 2. The lowest BCUT2D eigenvalue weighted by Crippen LogP contribution is -2.34. The van der Waals surface area contributed by atoms with Gasteiger partial charge in [-0.15, -0.1) is 0 Å². The van der Waals surface area contributed by atoms with E-state index < -0.39 is 15.9 Å². The Morgan fingerprint density at radius 3 is 2.26 bits per heavy atom. The first kappa shape index (κ1) is 23.9. The van der Waals surface area contributed by atoms with Crippen molar-refractivity contribution in [3.8, 4) is 5.75 Å². The largest absolute Gasteiger partial charge is 0.484 e. The molecule has 0 aromatic heterocycles. The number of anilines is 1. The van der Waals surface area contributed by atoms with Gasteiger partial charge in [0.25, 0.3) is 11.8 Å². The fourth-order valence-corrected chi connectivity index (χ4v) is 2.91. The summed E-state index contributed by atoms with van der Waals surface area (Å²) in [5.74, 6) is -0.0838. The van der Waals surface area contributed by atoms with Gasteiger partial charge >= 0.3 is 0 Å². The molecule has 2 amide bonds. The van der Waals surface area contributed by atoms with Gasteiger partial charge in [-0.05, 0) is 67.9 Å². The summed E-state index contributed by atoms with van der Waals surface area (Å²) in [5, 5.41) is 6.65. The molecule has 2 N–H and O–H groups in total. The molecule has 10 heteroatoms. The van der Waals surface area contributed by atoms with Crippen LogP contribution in [0.2, 0.25) is 0 Å². The highest BCUT2D eigenvalue weighted by molar-refractivity contribution is 7.92. The van der Waals surface area contributed by atoms with Crippen LogP contribution < -0.4 is 19.8 Å². The summed E-state index contributed by atoms with van der Waals surface area (Å²) >= 11 is 0. The summed E-state index contributed by atoms with van der Waals surface area (Å²) < 4.78 is 29.6. The Bertz CT molecular complexity index is 1030. The highest BCUT2D eigenvalue weighted by atomic mass is 32.2. The first-order valence-corrected chi connectivity index (χ1v) is 11.3. The van der Waals surface area contributed by atoms with Gasteiger partial charge in [-0.1, -0.05) is 0 Å². The van der Waals surface area contributed by atoms with Crippen molar-refractivity contribution in [1.29, 1.82) is 0 Å². The molecule has 2 aromatic carbocycles. The van der Waals surface area contributed by atoms with Crippen molar-refractivity contribution in [1.82, 2.24) is 10.7 Å². The van der Waals surface area contributed by atoms with E-state index in [1.165, 1.54) is 25.4 Å². The minimum absolute atomic E-state index is 0.0525. The number of amides is 2. The lowest BCUT2D eigenvalue weighted by atomic mass is 10.2. The standard InChI is InChI=1S/C21H26N4O5S/c1-15(2)23-20(26)14-30-19-11-5-16(6-12-19)13-22-24-21(27)17-7-9-18(10-8-17)25(3)31(4,28)29/h5-13,15H,14H2,1-4H3,(H,23,26)(H,24,27)/b22-13-. The molecule has 2 aromatic rings.